The second kappa shape index (κ2) is 10.3. The Balaban J connectivity index is 1.44. The Morgan fingerprint density at radius 3 is 2.35 bits per heavy atom. The number of anilines is 2. The van der Waals surface area contributed by atoms with Crippen LogP contribution in [0.1, 0.15) is 57.4 Å². The van der Waals surface area contributed by atoms with Gasteiger partial charge in [0.15, 0.2) is 5.69 Å². The number of ether oxygens (including phenoxy) is 1. The van der Waals surface area contributed by atoms with E-state index in [1.54, 1.807) is 22.9 Å². The third kappa shape index (κ3) is 4.45. The van der Waals surface area contributed by atoms with E-state index in [9.17, 15) is 14.9 Å². The van der Waals surface area contributed by atoms with Gasteiger partial charge in [-0.05, 0) is 44.2 Å². The Labute approximate surface area is 229 Å². The fraction of sp³-hybridized carbons (Fsp3) is 0.200. The fourth-order valence-corrected chi connectivity index (χ4v) is 4.82. The van der Waals surface area contributed by atoms with Gasteiger partial charge in [0.05, 0.1) is 36.6 Å². The Morgan fingerprint density at radius 1 is 1.02 bits per heavy atom. The van der Waals surface area contributed by atoms with Gasteiger partial charge in [0.2, 0.25) is 0 Å². The maximum absolute atomic E-state index is 15.1. The second-order valence-corrected chi connectivity index (χ2v) is 9.48. The van der Waals surface area contributed by atoms with E-state index in [0.29, 0.717) is 11.4 Å². The zero-order chi connectivity index (χ0) is 28.6. The molecule has 1 aromatic heterocycles. The molecule has 5 rings (SSSR count). The first-order valence-corrected chi connectivity index (χ1v) is 12.5. The molecule has 1 aliphatic heterocycles. The molecule has 0 aliphatic carbocycles. The zero-order valence-electron chi connectivity index (χ0n) is 21.9. The summed E-state index contributed by atoms with van der Waals surface area (Å²) in [5, 5.41) is 16.4. The van der Waals surface area contributed by atoms with Crippen molar-refractivity contribution in [3.8, 4) is 11.8 Å². The molecule has 0 radical (unpaired) electrons. The van der Waals surface area contributed by atoms with Gasteiger partial charge in [0, 0.05) is 22.4 Å². The zero-order valence-corrected chi connectivity index (χ0v) is 21.9. The van der Waals surface area contributed by atoms with Crippen molar-refractivity contribution in [3.05, 3.63) is 107 Å². The van der Waals surface area contributed by atoms with Gasteiger partial charge in [0.25, 0.3) is 17.7 Å². The van der Waals surface area contributed by atoms with Crippen molar-refractivity contribution in [1.82, 2.24) is 9.78 Å². The maximum Gasteiger partial charge on any atom is 0.298 e. The van der Waals surface area contributed by atoms with Crippen LogP contribution in [0.2, 0.25) is 0 Å². The Bertz CT molecular complexity index is 1630. The van der Waals surface area contributed by atoms with Gasteiger partial charge in [-0.25, -0.2) is 0 Å². The van der Waals surface area contributed by atoms with Crippen LogP contribution >= 0.6 is 0 Å². The van der Waals surface area contributed by atoms with Gasteiger partial charge >= 0.3 is 0 Å². The van der Waals surface area contributed by atoms with Crippen molar-refractivity contribution < 1.29 is 23.1 Å². The molecule has 40 heavy (non-hydrogen) atoms. The van der Waals surface area contributed by atoms with Crippen LogP contribution < -0.4 is 15.0 Å². The summed E-state index contributed by atoms with van der Waals surface area (Å²) in [6, 6.07) is 18.9. The lowest BCUT2D eigenvalue weighted by Crippen LogP contribution is -2.49. The van der Waals surface area contributed by atoms with Gasteiger partial charge in [-0.1, -0.05) is 42.5 Å². The molecular weight excluding hydrogens is 516 g/mol. The van der Waals surface area contributed by atoms with Crippen molar-refractivity contribution in [3.63, 3.8) is 0 Å². The van der Waals surface area contributed by atoms with Crippen molar-refractivity contribution in [2.24, 2.45) is 0 Å². The molecule has 0 saturated heterocycles. The quantitative estimate of drug-likeness (QED) is 0.334. The number of halogens is 2. The highest BCUT2D eigenvalue weighted by atomic mass is 19.3. The molecule has 202 valence electrons. The summed E-state index contributed by atoms with van der Waals surface area (Å²) in [5.74, 6) is -3.84. The number of carbonyl (C=O) groups excluding carboxylic acids is 2. The van der Waals surface area contributed by atoms with Crippen molar-refractivity contribution >= 4 is 23.2 Å². The Morgan fingerprint density at radius 2 is 1.70 bits per heavy atom. The number of fused-ring (bicyclic) bond motifs is 1. The number of aromatic nitrogens is 2. The smallest absolute Gasteiger partial charge is 0.298 e. The Kier molecular flexibility index (Phi) is 6.81. The number of hydrogen-bond donors (Lipinski definition) is 1. The van der Waals surface area contributed by atoms with E-state index in [1.807, 2.05) is 19.9 Å². The molecule has 0 saturated carbocycles. The molecule has 8 nitrogen and oxygen atoms in total. The molecule has 4 aromatic rings. The number of methoxy groups -OCH3 is 1. The summed E-state index contributed by atoms with van der Waals surface area (Å²) in [6.07, 6.45) is 1.40. The highest BCUT2D eigenvalue weighted by Gasteiger charge is 2.40. The molecule has 0 fully saturated rings. The molecule has 2 atom stereocenters. The van der Waals surface area contributed by atoms with Crippen molar-refractivity contribution in [2.75, 3.05) is 17.3 Å². The fourth-order valence-electron chi connectivity index (χ4n) is 4.82. The van der Waals surface area contributed by atoms with Gasteiger partial charge in [-0.3, -0.25) is 14.3 Å². The third-order valence-electron chi connectivity index (χ3n) is 7.18. The number of alkyl halides is 2. The molecule has 2 amide bonds. The second-order valence-electron chi connectivity index (χ2n) is 9.48. The molecular formula is C30H25F2N5O3. The molecule has 2 heterocycles. The first-order chi connectivity index (χ1) is 19.2. The lowest BCUT2D eigenvalue weighted by atomic mass is 9.99. The van der Waals surface area contributed by atoms with Crippen LogP contribution in [0, 0.1) is 11.3 Å². The largest absolute Gasteiger partial charge is 0.495 e. The predicted molar refractivity (Wildman–Crippen MR) is 145 cm³/mol. The highest BCUT2D eigenvalue weighted by Crippen LogP contribution is 2.38. The van der Waals surface area contributed by atoms with Crippen molar-refractivity contribution in [1.29, 1.82) is 5.26 Å². The molecule has 1 N–H and O–H groups in total. The summed E-state index contributed by atoms with van der Waals surface area (Å²) < 4.78 is 36.8. The molecule has 1 unspecified atom stereocenters. The van der Waals surface area contributed by atoms with E-state index < -0.39 is 17.7 Å². The number of benzene rings is 3. The maximum atomic E-state index is 15.1. The average molecular weight is 542 g/mol. The molecule has 0 spiro atoms. The minimum Gasteiger partial charge on any atom is -0.495 e. The predicted octanol–water partition coefficient (Wildman–Crippen LogP) is 5.77. The van der Waals surface area contributed by atoms with E-state index in [4.69, 9.17) is 4.74 Å². The first-order valence-electron chi connectivity index (χ1n) is 12.5. The normalized spacial score (nSPS) is 16.7. The van der Waals surface area contributed by atoms with E-state index in [-0.39, 0.29) is 45.7 Å². The Hall–Kier alpha value is -5.04. The van der Waals surface area contributed by atoms with Crippen LogP contribution in [0.5, 0.6) is 5.75 Å². The summed E-state index contributed by atoms with van der Waals surface area (Å²) in [5.41, 5.74) is 0.873. The summed E-state index contributed by atoms with van der Waals surface area (Å²) in [7, 11) is 1.43. The first kappa shape index (κ1) is 26.6. The van der Waals surface area contributed by atoms with Crippen LogP contribution in [0.4, 0.5) is 20.2 Å². The monoisotopic (exact) mass is 541 g/mol. The number of carbonyl (C=O) groups is 2. The number of rotatable bonds is 6. The standard InChI is InChI=1S/C30H25F2N5O3/c1-18-19(2)37-27(25(17-34-37)35-28(38)20-9-14-26(40-3)21(15-20)16-33)29(39)36(18)24-12-10-23(11-13-24)30(31,32)22-7-5-4-6-8-22/h4-15,17-19H,1-3H3,(H,35,38)/t18-,19?/m0/s1. The van der Waals surface area contributed by atoms with E-state index >= 15 is 8.78 Å². The van der Waals surface area contributed by atoms with Crippen LogP contribution in [0.3, 0.4) is 0 Å². The van der Waals surface area contributed by atoms with Gasteiger partial charge in [-0.15, -0.1) is 0 Å². The lowest BCUT2D eigenvalue weighted by Gasteiger charge is -2.38. The van der Waals surface area contributed by atoms with Crippen LogP contribution in [-0.4, -0.2) is 34.7 Å². The van der Waals surface area contributed by atoms with Crippen LogP contribution in [0.15, 0.2) is 79.0 Å². The molecule has 1 aliphatic rings. The van der Waals surface area contributed by atoms with Crippen LogP contribution in [-0.2, 0) is 5.92 Å². The van der Waals surface area contributed by atoms with E-state index in [2.05, 4.69) is 10.4 Å². The lowest BCUT2D eigenvalue weighted by molar-refractivity contribution is 0.0428. The van der Waals surface area contributed by atoms with Gasteiger partial charge in [0.1, 0.15) is 11.8 Å². The third-order valence-corrected chi connectivity index (χ3v) is 7.18. The minimum atomic E-state index is -3.20. The topological polar surface area (TPSA) is 100 Å². The number of nitriles is 1. The number of nitrogens with zero attached hydrogens (tertiary/aromatic N) is 4. The van der Waals surface area contributed by atoms with E-state index in [0.717, 1.165) is 0 Å². The summed E-state index contributed by atoms with van der Waals surface area (Å²) in [4.78, 5) is 28.3. The molecule has 10 heteroatoms. The van der Waals surface area contributed by atoms with Crippen molar-refractivity contribution in [2.45, 2.75) is 31.9 Å². The molecule has 3 aromatic carbocycles. The van der Waals surface area contributed by atoms with E-state index in [1.165, 1.54) is 72.8 Å². The summed E-state index contributed by atoms with van der Waals surface area (Å²) in [6.45, 7) is 3.73. The van der Waals surface area contributed by atoms with Gasteiger partial charge < -0.3 is 15.0 Å². The summed E-state index contributed by atoms with van der Waals surface area (Å²) >= 11 is 0. The minimum absolute atomic E-state index is 0.123. The average Bonchev–Trinajstić information content (AvgIpc) is 3.40. The SMILES string of the molecule is COc1ccc(C(=O)Nc2cnn3c2C(=O)N(c2ccc(C(F)(F)c4ccccc4)cc2)[C@@H](C)C3C)cc1C#N. The highest BCUT2D eigenvalue weighted by molar-refractivity contribution is 6.13. The number of amides is 2. The number of nitrogens with one attached hydrogen (secondary N) is 1. The van der Waals surface area contributed by atoms with Crippen LogP contribution in [0.25, 0.3) is 0 Å². The van der Waals surface area contributed by atoms with Gasteiger partial charge in [-0.2, -0.15) is 19.1 Å². The molecule has 0 bridgehead atoms. The number of hydrogen-bond acceptors (Lipinski definition) is 5.